The average Bonchev–Trinajstić information content (AvgIpc) is 2.64. The van der Waals surface area contributed by atoms with Crippen LogP contribution < -0.4 is 0 Å². The topological polar surface area (TPSA) is 60.8 Å². The van der Waals surface area contributed by atoms with Crippen molar-refractivity contribution in [1.82, 2.24) is 4.90 Å². The van der Waals surface area contributed by atoms with Crippen LogP contribution in [0.15, 0.2) is 48.5 Å². The number of aliphatic hydroxyl groups excluding tert-OH is 1. The van der Waals surface area contributed by atoms with Crippen molar-refractivity contribution < 1.29 is 15.0 Å². The quantitative estimate of drug-likeness (QED) is 0.899. The first kappa shape index (κ1) is 17.5. The maximum absolute atomic E-state index is 13.0. The van der Waals surface area contributed by atoms with Gasteiger partial charge in [0.2, 0.25) is 0 Å². The molecule has 2 N–H and O–H groups in total. The van der Waals surface area contributed by atoms with E-state index in [2.05, 4.69) is 0 Å². The van der Waals surface area contributed by atoms with Gasteiger partial charge in [0.15, 0.2) is 0 Å². The summed E-state index contributed by atoms with van der Waals surface area (Å²) in [6.07, 6.45) is 2.53. The number of phenolic OH excluding ortho intramolecular Hbond substituents is 1. The van der Waals surface area contributed by atoms with Crippen molar-refractivity contribution in [2.24, 2.45) is 5.92 Å². The van der Waals surface area contributed by atoms with Gasteiger partial charge >= 0.3 is 0 Å². The summed E-state index contributed by atoms with van der Waals surface area (Å²) in [7, 11) is 0. The van der Waals surface area contributed by atoms with Crippen molar-refractivity contribution in [3.05, 3.63) is 65.2 Å². The van der Waals surface area contributed by atoms with E-state index in [9.17, 15) is 15.0 Å². The molecule has 0 radical (unpaired) electrons. The van der Waals surface area contributed by atoms with Gasteiger partial charge in [0.25, 0.3) is 5.91 Å². The fraction of sp³-hybridized carbons (Fsp3) is 0.381. The summed E-state index contributed by atoms with van der Waals surface area (Å²) in [5.41, 5.74) is 2.51. The minimum Gasteiger partial charge on any atom is -0.507 e. The first-order valence-electron chi connectivity index (χ1n) is 8.86. The first-order chi connectivity index (χ1) is 12.1. The molecule has 3 rings (SSSR count). The Morgan fingerprint density at radius 3 is 2.60 bits per heavy atom. The number of piperidine rings is 1. The van der Waals surface area contributed by atoms with Gasteiger partial charge in [-0.3, -0.25) is 4.79 Å². The molecule has 0 aromatic heterocycles. The smallest absolute Gasteiger partial charge is 0.257 e. The maximum atomic E-state index is 13.0. The van der Waals surface area contributed by atoms with E-state index in [-0.39, 0.29) is 30.2 Å². The second-order valence-corrected chi connectivity index (χ2v) is 6.95. The highest BCUT2D eigenvalue weighted by Crippen LogP contribution is 2.27. The van der Waals surface area contributed by atoms with Gasteiger partial charge in [-0.25, -0.2) is 0 Å². The van der Waals surface area contributed by atoms with E-state index in [1.54, 1.807) is 17.0 Å². The molecule has 0 aliphatic carbocycles. The molecule has 25 heavy (non-hydrogen) atoms. The molecule has 0 bridgehead atoms. The number of amides is 1. The third-order valence-electron chi connectivity index (χ3n) is 5.04. The van der Waals surface area contributed by atoms with E-state index in [1.807, 2.05) is 43.3 Å². The van der Waals surface area contributed by atoms with Crippen LogP contribution in [-0.4, -0.2) is 40.2 Å². The standard InChI is InChI=1S/C21H25NO3/c1-15-7-8-18(14-23)13-22(15)21(25)19-12-17(9-10-20(19)24)11-16-5-3-2-4-6-16/h2-6,9-10,12,15,18,23-24H,7-8,11,13-14H2,1H3. The zero-order valence-electron chi connectivity index (χ0n) is 14.6. The van der Waals surface area contributed by atoms with Gasteiger partial charge in [-0.2, -0.15) is 0 Å². The van der Waals surface area contributed by atoms with Crippen LogP contribution in [0.1, 0.15) is 41.3 Å². The van der Waals surface area contributed by atoms with E-state index < -0.39 is 0 Å². The van der Waals surface area contributed by atoms with E-state index in [0.29, 0.717) is 12.1 Å². The maximum Gasteiger partial charge on any atom is 0.257 e. The Balaban J connectivity index is 1.83. The van der Waals surface area contributed by atoms with Crippen molar-refractivity contribution >= 4 is 5.91 Å². The summed E-state index contributed by atoms with van der Waals surface area (Å²) in [5.74, 6) is -0.0204. The number of phenols is 1. The number of carbonyl (C=O) groups excluding carboxylic acids is 1. The number of aliphatic hydroxyl groups is 1. The van der Waals surface area contributed by atoms with Crippen LogP contribution in [0.25, 0.3) is 0 Å². The summed E-state index contributed by atoms with van der Waals surface area (Å²) in [5, 5.41) is 19.6. The second kappa shape index (κ2) is 7.70. The third kappa shape index (κ3) is 4.02. The summed E-state index contributed by atoms with van der Waals surface area (Å²) < 4.78 is 0. The van der Waals surface area contributed by atoms with Gasteiger partial charge in [-0.15, -0.1) is 0 Å². The van der Waals surface area contributed by atoms with Crippen molar-refractivity contribution in [3.8, 4) is 5.75 Å². The van der Waals surface area contributed by atoms with E-state index >= 15 is 0 Å². The molecule has 4 heteroatoms. The van der Waals surface area contributed by atoms with E-state index in [4.69, 9.17) is 0 Å². The van der Waals surface area contributed by atoms with Gasteiger partial charge in [0, 0.05) is 19.2 Å². The van der Waals surface area contributed by atoms with Crippen molar-refractivity contribution in [3.63, 3.8) is 0 Å². The van der Waals surface area contributed by atoms with E-state index in [0.717, 1.165) is 24.8 Å². The normalized spacial score (nSPS) is 20.5. The van der Waals surface area contributed by atoms with Crippen LogP contribution in [0.4, 0.5) is 0 Å². The zero-order valence-corrected chi connectivity index (χ0v) is 14.6. The molecular weight excluding hydrogens is 314 g/mol. The molecule has 1 fully saturated rings. The van der Waals surface area contributed by atoms with E-state index in [1.165, 1.54) is 5.56 Å². The first-order valence-corrected chi connectivity index (χ1v) is 8.86. The second-order valence-electron chi connectivity index (χ2n) is 6.95. The van der Waals surface area contributed by atoms with Crippen molar-refractivity contribution in [2.45, 2.75) is 32.2 Å². The molecule has 2 aromatic rings. The summed E-state index contributed by atoms with van der Waals surface area (Å²) in [6, 6.07) is 15.4. The molecule has 0 saturated carbocycles. The number of hydrogen-bond donors (Lipinski definition) is 2. The molecule has 0 spiro atoms. The lowest BCUT2D eigenvalue weighted by Gasteiger charge is -2.37. The number of hydrogen-bond acceptors (Lipinski definition) is 3. The predicted octanol–water partition coefficient (Wildman–Crippen LogP) is 3.22. The molecule has 1 heterocycles. The van der Waals surface area contributed by atoms with Crippen molar-refractivity contribution in [2.75, 3.05) is 13.2 Å². The van der Waals surface area contributed by atoms with Gasteiger partial charge in [-0.1, -0.05) is 36.4 Å². The molecule has 2 atom stereocenters. The summed E-state index contributed by atoms with van der Waals surface area (Å²) in [6.45, 7) is 2.66. The van der Waals surface area contributed by atoms with Crippen LogP contribution in [0.2, 0.25) is 0 Å². The van der Waals surface area contributed by atoms with Gasteiger partial charge in [0.1, 0.15) is 5.75 Å². The molecule has 1 aliphatic heterocycles. The molecule has 2 aromatic carbocycles. The van der Waals surface area contributed by atoms with Crippen LogP contribution >= 0.6 is 0 Å². The predicted molar refractivity (Wildman–Crippen MR) is 97.7 cm³/mol. The Labute approximate surface area is 148 Å². The van der Waals surface area contributed by atoms with Crippen LogP contribution in [-0.2, 0) is 6.42 Å². The number of nitrogens with zero attached hydrogens (tertiary/aromatic N) is 1. The number of benzene rings is 2. The fourth-order valence-electron chi connectivity index (χ4n) is 3.46. The SMILES string of the molecule is CC1CCC(CO)CN1C(=O)c1cc(Cc2ccccc2)ccc1O. The molecular formula is C21H25NO3. The minimum atomic E-state index is -0.155. The molecule has 132 valence electrons. The lowest BCUT2D eigenvalue weighted by molar-refractivity contribution is 0.0486. The lowest BCUT2D eigenvalue weighted by Crippen LogP contribution is -2.46. The Hall–Kier alpha value is -2.33. The molecule has 4 nitrogen and oxygen atoms in total. The van der Waals surface area contributed by atoms with Crippen LogP contribution in [0.3, 0.4) is 0 Å². The lowest BCUT2D eigenvalue weighted by atomic mass is 9.93. The highest BCUT2D eigenvalue weighted by atomic mass is 16.3. The molecule has 1 saturated heterocycles. The highest BCUT2D eigenvalue weighted by Gasteiger charge is 2.30. The number of rotatable bonds is 4. The number of likely N-dealkylation sites (tertiary alicyclic amines) is 1. The Bertz CT molecular complexity index is 729. The zero-order chi connectivity index (χ0) is 17.8. The van der Waals surface area contributed by atoms with Gasteiger partial charge < -0.3 is 15.1 Å². The fourth-order valence-corrected chi connectivity index (χ4v) is 3.46. The van der Waals surface area contributed by atoms with Gasteiger partial charge in [-0.05, 0) is 55.4 Å². The van der Waals surface area contributed by atoms with Crippen LogP contribution in [0, 0.1) is 5.92 Å². The molecule has 1 amide bonds. The summed E-state index contributed by atoms with van der Waals surface area (Å²) in [4.78, 5) is 14.8. The molecule has 1 aliphatic rings. The number of aromatic hydroxyl groups is 1. The summed E-state index contributed by atoms with van der Waals surface area (Å²) >= 11 is 0. The van der Waals surface area contributed by atoms with Crippen molar-refractivity contribution in [1.29, 1.82) is 0 Å². The Morgan fingerprint density at radius 1 is 1.12 bits per heavy atom. The molecule has 2 unspecified atom stereocenters. The third-order valence-corrected chi connectivity index (χ3v) is 5.04. The minimum absolute atomic E-state index is 0.0140. The van der Waals surface area contributed by atoms with Crippen LogP contribution in [0.5, 0.6) is 5.75 Å². The number of carbonyl (C=O) groups is 1. The Morgan fingerprint density at radius 2 is 1.88 bits per heavy atom. The Kier molecular flexibility index (Phi) is 5.39. The monoisotopic (exact) mass is 339 g/mol. The largest absolute Gasteiger partial charge is 0.507 e. The highest BCUT2D eigenvalue weighted by molar-refractivity contribution is 5.97. The average molecular weight is 339 g/mol. The van der Waals surface area contributed by atoms with Gasteiger partial charge in [0.05, 0.1) is 5.56 Å².